The van der Waals surface area contributed by atoms with Crippen molar-refractivity contribution in [2.45, 2.75) is 25.9 Å². The molecule has 3 heteroatoms. The molecule has 2 nitrogen and oxygen atoms in total. The summed E-state index contributed by atoms with van der Waals surface area (Å²) in [7, 11) is 0. The molecule has 0 spiro atoms. The van der Waals surface area contributed by atoms with Gasteiger partial charge in [0.15, 0.2) is 0 Å². The summed E-state index contributed by atoms with van der Waals surface area (Å²) in [5.41, 5.74) is 4.39. The first-order valence-electron chi connectivity index (χ1n) is 7.44. The van der Waals surface area contributed by atoms with E-state index in [0.29, 0.717) is 5.56 Å². The maximum absolute atomic E-state index is 13.4. The number of benzene rings is 2. The summed E-state index contributed by atoms with van der Waals surface area (Å²) >= 11 is 0. The van der Waals surface area contributed by atoms with E-state index >= 15 is 0 Å². The second kappa shape index (κ2) is 5.86. The van der Waals surface area contributed by atoms with Crippen LogP contribution in [0.3, 0.4) is 0 Å². The number of nitrogens with zero attached hydrogens (tertiary/aromatic N) is 1. The van der Waals surface area contributed by atoms with E-state index < -0.39 is 6.10 Å². The predicted octanol–water partition coefficient (Wildman–Crippen LogP) is 3.48. The highest BCUT2D eigenvalue weighted by Crippen LogP contribution is 2.29. The fourth-order valence-corrected chi connectivity index (χ4v) is 3.06. The first kappa shape index (κ1) is 14.1. The van der Waals surface area contributed by atoms with Gasteiger partial charge in [0.1, 0.15) is 5.82 Å². The highest BCUT2D eigenvalue weighted by molar-refractivity contribution is 5.55. The maximum Gasteiger partial charge on any atom is 0.123 e. The van der Waals surface area contributed by atoms with Crippen molar-refractivity contribution in [1.82, 2.24) is 0 Å². The zero-order chi connectivity index (χ0) is 14.8. The average molecular weight is 285 g/mol. The molecule has 0 aliphatic carbocycles. The van der Waals surface area contributed by atoms with Crippen LogP contribution < -0.4 is 4.90 Å². The molecule has 2 aromatic carbocycles. The molecule has 0 radical (unpaired) electrons. The van der Waals surface area contributed by atoms with E-state index in [2.05, 4.69) is 29.2 Å². The molecule has 0 aromatic heterocycles. The van der Waals surface area contributed by atoms with Crippen LogP contribution in [0.4, 0.5) is 10.1 Å². The first-order valence-corrected chi connectivity index (χ1v) is 7.44. The van der Waals surface area contributed by atoms with Crippen molar-refractivity contribution < 1.29 is 9.50 Å². The number of fused-ring (bicyclic) bond motifs is 1. The molecule has 3 rings (SSSR count). The van der Waals surface area contributed by atoms with Crippen molar-refractivity contribution in [3.8, 4) is 0 Å². The zero-order valence-electron chi connectivity index (χ0n) is 12.2. The molecule has 0 saturated carbocycles. The van der Waals surface area contributed by atoms with Gasteiger partial charge in [-0.1, -0.05) is 24.3 Å². The quantitative estimate of drug-likeness (QED) is 0.913. The third-order valence-corrected chi connectivity index (χ3v) is 4.20. The SMILES string of the molecule is C[C@H](O)c1cc(F)ccc1N1CCc2ccccc2CC1. The van der Waals surface area contributed by atoms with Gasteiger partial charge in [0.25, 0.3) is 0 Å². The molecular weight excluding hydrogens is 265 g/mol. The van der Waals surface area contributed by atoms with Crippen LogP contribution in [0.5, 0.6) is 0 Å². The molecule has 1 heterocycles. The highest BCUT2D eigenvalue weighted by atomic mass is 19.1. The van der Waals surface area contributed by atoms with E-state index in [0.717, 1.165) is 31.6 Å². The summed E-state index contributed by atoms with van der Waals surface area (Å²) in [6.07, 6.45) is 1.29. The Morgan fingerprint density at radius 1 is 1.05 bits per heavy atom. The second-order valence-electron chi connectivity index (χ2n) is 5.63. The van der Waals surface area contributed by atoms with Crippen LogP contribution in [0, 0.1) is 5.82 Å². The highest BCUT2D eigenvalue weighted by Gasteiger charge is 2.18. The molecule has 1 aliphatic rings. The van der Waals surface area contributed by atoms with Crippen LogP contribution in [0.2, 0.25) is 0 Å². The van der Waals surface area contributed by atoms with Crippen molar-refractivity contribution in [2.24, 2.45) is 0 Å². The smallest absolute Gasteiger partial charge is 0.123 e. The van der Waals surface area contributed by atoms with Crippen LogP contribution in [0.15, 0.2) is 42.5 Å². The van der Waals surface area contributed by atoms with E-state index in [9.17, 15) is 9.50 Å². The predicted molar refractivity (Wildman–Crippen MR) is 83.1 cm³/mol. The van der Waals surface area contributed by atoms with E-state index in [1.54, 1.807) is 13.0 Å². The summed E-state index contributed by atoms with van der Waals surface area (Å²) < 4.78 is 13.4. The van der Waals surface area contributed by atoms with Gasteiger partial charge in [0.05, 0.1) is 6.10 Å². The number of anilines is 1. The minimum atomic E-state index is -0.665. The van der Waals surface area contributed by atoms with Crippen molar-refractivity contribution in [2.75, 3.05) is 18.0 Å². The second-order valence-corrected chi connectivity index (χ2v) is 5.63. The van der Waals surface area contributed by atoms with Crippen LogP contribution in [0.1, 0.15) is 29.7 Å². The summed E-state index contributed by atoms with van der Waals surface area (Å²) in [6.45, 7) is 3.47. The third kappa shape index (κ3) is 2.93. The number of hydrogen-bond donors (Lipinski definition) is 1. The number of halogens is 1. The van der Waals surface area contributed by atoms with E-state index in [-0.39, 0.29) is 5.82 Å². The lowest BCUT2D eigenvalue weighted by atomic mass is 10.0. The molecule has 0 unspecified atom stereocenters. The molecule has 1 aliphatic heterocycles. The molecule has 1 N–H and O–H groups in total. The summed E-state index contributed by atoms with van der Waals surface area (Å²) in [5, 5.41) is 9.91. The lowest BCUT2D eigenvalue weighted by Crippen LogP contribution is -2.27. The van der Waals surface area contributed by atoms with Gasteiger partial charge in [0.2, 0.25) is 0 Å². The standard InChI is InChI=1S/C18H20FNO/c1-13(21)17-12-16(19)6-7-18(17)20-10-8-14-4-2-3-5-15(14)9-11-20/h2-7,12-13,21H,8-11H2,1H3/t13-/m0/s1. The number of rotatable bonds is 2. The van der Waals surface area contributed by atoms with Gasteiger partial charge < -0.3 is 10.0 Å². The number of hydrogen-bond acceptors (Lipinski definition) is 2. The van der Waals surface area contributed by atoms with Gasteiger partial charge in [0, 0.05) is 24.3 Å². The Hall–Kier alpha value is -1.87. The Morgan fingerprint density at radius 3 is 2.24 bits per heavy atom. The normalized spacial score (nSPS) is 16.2. The van der Waals surface area contributed by atoms with Crippen LogP contribution in [-0.2, 0) is 12.8 Å². The van der Waals surface area contributed by atoms with Gasteiger partial charge in [-0.05, 0) is 49.1 Å². The number of aliphatic hydroxyl groups excluding tert-OH is 1. The zero-order valence-corrected chi connectivity index (χ0v) is 12.2. The van der Waals surface area contributed by atoms with Crippen LogP contribution in [0.25, 0.3) is 0 Å². The van der Waals surface area contributed by atoms with Crippen molar-refractivity contribution in [3.05, 3.63) is 65.0 Å². The fourth-order valence-electron chi connectivity index (χ4n) is 3.06. The van der Waals surface area contributed by atoms with Crippen molar-refractivity contribution in [1.29, 1.82) is 0 Å². The lowest BCUT2D eigenvalue weighted by molar-refractivity contribution is 0.199. The molecule has 21 heavy (non-hydrogen) atoms. The van der Waals surface area contributed by atoms with Crippen molar-refractivity contribution >= 4 is 5.69 Å². The van der Waals surface area contributed by atoms with Gasteiger partial charge in [-0.15, -0.1) is 0 Å². The minimum absolute atomic E-state index is 0.298. The Balaban J connectivity index is 1.89. The molecule has 2 aromatic rings. The van der Waals surface area contributed by atoms with E-state index in [1.807, 2.05) is 0 Å². The van der Waals surface area contributed by atoms with Gasteiger partial charge in [-0.3, -0.25) is 0 Å². The van der Waals surface area contributed by atoms with Gasteiger partial charge >= 0.3 is 0 Å². The largest absolute Gasteiger partial charge is 0.389 e. The van der Waals surface area contributed by atoms with Crippen LogP contribution in [-0.4, -0.2) is 18.2 Å². The maximum atomic E-state index is 13.4. The molecule has 0 amide bonds. The van der Waals surface area contributed by atoms with E-state index in [4.69, 9.17) is 0 Å². The topological polar surface area (TPSA) is 23.5 Å². The van der Waals surface area contributed by atoms with Crippen LogP contribution >= 0.6 is 0 Å². The number of aliphatic hydroxyl groups is 1. The fraction of sp³-hybridized carbons (Fsp3) is 0.333. The lowest BCUT2D eigenvalue weighted by Gasteiger charge is -2.26. The molecule has 0 saturated heterocycles. The minimum Gasteiger partial charge on any atom is -0.389 e. The summed E-state index contributed by atoms with van der Waals surface area (Å²) in [4.78, 5) is 2.25. The Morgan fingerprint density at radius 2 is 1.67 bits per heavy atom. The van der Waals surface area contributed by atoms with Crippen molar-refractivity contribution in [3.63, 3.8) is 0 Å². The van der Waals surface area contributed by atoms with E-state index in [1.165, 1.54) is 23.3 Å². The summed E-state index contributed by atoms with van der Waals surface area (Å²) in [6, 6.07) is 13.2. The molecule has 110 valence electrons. The Bertz CT molecular complexity index is 612. The monoisotopic (exact) mass is 285 g/mol. The molecule has 0 fully saturated rings. The molecule has 0 bridgehead atoms. The first-order chi connectivity index (χ1) is 10.1. The molecular formula is C18H20FNO. The van der Waals surface area contributed by atoms with Gasteiger partial charge in [-0.25, -0.2) is 4.39 Å². The Kier molecular flexibility index (Phi) is 3.93. The molecule has 1 atom stereocenters. The third-order valence-electron chi connectivity index (χ3n) is 4.20. The average Bonchev–Trinajstić information content (AvgIpc) is 2.70. The summed E-state index contributed by atoms with van der Waals surface area (Å²) in [5.74, 6) is -0.298. The van der Waals surface area contributed by atoms with Gasteiger partial charge in [-0.2, -0.15) is 0 Å². The Labute approximate surface area is 124 Å².